The van der Waals surface area contributed by atoms with E-state index in [1.165, 1.54) is 38.5 Å². The van der Waals surface area contributed by atoms with Crippen molar-refractivity contribution in [3.05, 3.63) is 77.4 Å². The summed E-state index contributed by atoms with van der Waals surface area (Å²) in [5, 5.41) is 11.9. The molecule has 0 fully saturated rings. The van der Waals surface area contributed by atoms with Crippen molar-refractivity contribution in [3.8, 4) is 11.5 Å². The number of carboxylic acids is 1. The van der Waals surface area contributed by atoms with Gasteiger partial charge in [0.25, 0.3) is 15.9 Å². The van der Waals surface area contributed by atoms with Crippen molar-refractivity contribution < 1.29 is 32.6 Å². The number of nitrogens with one attached hydrogen (secondary N) is 2. The molecule has 0 spiro atoms. The average molecular weight is 471 g/mol. The highest BCUT2D eigenvalue weighted by Crippen LogP contribution is 2.30. The minimum absolute atomic E-state index is 0.0302. The highest BCUT2D eigenvalue weighted by Gasteiger charge is 2.22. The quantitative estimate of drug-likeness (QED) is 0.457. The Morgan fingerprint density at radius 1 is 0.909 bits per heavy atom. The van der Waals surface area contributed by atoms with Gasteiger partial charge in [0.1, 0.15) is 11.5 Å². The first kappa shape index (κ1) is 23.6. The van der Waals surface area contributed by atoms with Gasteiger partial charge in [0, 0.05) is 6.07 Å². The molecule has 0 aliphatic heterocycles. The van der Waals surface area contributed by atoms with E-state index in [1.54, 1.807) is 37.3 Å². The van der Waals surface area contributed by atoms with E-state index in [1.807, 2.05) is 0 Å². The van der Waals surface area contributed by atoms with Crippen molar-refractivity contribution in [3.63, 3.8) is 0 Å². The average Bonchev–Trinajstić information content (AvgIpc) is 2.79. The first-order valence-electron chi connectivity index (χ1n) is 9.65. The molecule has 172 valence electrons. The van der Waals surface area contributed by atoms with Gasteiger partial charge < -0.3 is 19.9 Å². The van der Waals surface area contributed by atoms with Gasteiger partial charge in [0.05, 0.1) is 41.6 Å². The van der Waals surface area contributed by atoms with Gasteiger partial charge >= 0.3 is 5.97 Å². The van der Waals surface area contributed by atoms with Crippen LogP contribution >= 0.6 is 0 Å². The summed E-state index contributed by atoms with van der Waals surface area (Å²) in [6.45, 7) is 1.55. The lowest BCUT2D eigenvalue weighted by molar-refractivity contribution is 0.0696. The first-order chi connectivity index (χ1) is 15.7. The number of aryl methyl sites for hydroxylation is 1. The number of aromatic carboxylic acids is 1. The summed E-state index contributed by atoms with van der Waals surface area (Å²) >= 11 is 0. The second kappa shape index (κ2) is 9.61. The van der Waals surface area contributed by atoms with E-state index in [4.69, 9.17) is 9.47 Å². The van der Waals surface area contributed by atoms with Crippen LogP contribution in [0.1, 0.15) is 26.3 Å². The number of hydrogen-bond donors (Lipinski definition) is 3. The van der Waals surface area contributed by atoms with Crippen LogP contribution in [-0.4, -0.2) is 39.6 Å². The molecule has 10 heteroatoms. The molecule has 1 amide bonds. The van der Waals surface area contributed by atoms with Crippen LogP contribution in [0.2, 0.25) is 0 Å². The second-order valence-corrected chi connectivity index (χ2v) is 8.61. The van der Waals surface area contributed by atoms with Crippen LogP contribution in [0, 0.1) is 6.92 Å². The Kier molecular flexibility index (Phi) is 6.88. The van der Waals surface area contributed by atoms with Gasteiger partial charge in [-0.25, -0.2) is 13.2 Å². The number of ether oxygens (including phenoxy) is 2. The third kappa shape index (κ3) is 5.24. The molecular formula is C23H22N2O7S. The van der Waals surface area contributed by atoms with E-state index in [9.17, 15) is 23.1 Å². The minimum atomic E-state index is -4.19. The zero-order chi connectivity index (χ0) is 24.2. The maximum absolute atomic E-state index is 13.0. The van der Waals surface area contributed by atoms with Crippen molar-refractivity contribution in [2.24, 2.45) is 0 Å². The summed E-state index contributed by atoms with van der Waals surface area (Å²) in [6.07, 6.45) is 0. The number of carbonyl (C=O) groups is 2. The molecule has 0 unspecified atom stereocenters. The number of para-hydroxylation sites is 1. The Morgan fingerprint density at radius 2 is 1.64 bits per heavy atom. The lowest BCUT2D eigenvalue weighted by atomic mass is 10.1. The number of methoxy groups -OCH3 is 2. The normalized spacial score (nSPS) is 10.9. The number of hydrogen-bond acceptors (Lipinski definition) is 6. The first-order valence-corrected chi connectivity index (χ1v) is 11.1. The lowest BCUT2D eigenvalue weighted by Gasteiger charge is -2.15. The Balaban J connectivity index is 1.93. The van der Waals surface area contributed by atoms with E-state index in [-0.39, 0.29) is 21.7 Å². The Bertz CT molecular complexity index is 1320. The fourth-order valence-electron chi connectivity index (χ4n) is 3.08. The van der Waals surface area contributed by atoms with Gasteiger partial charge in [0.15, 0.2) is 0 Å². The molecule has 0 aromatic heterocycles. The molecule has 0 saturated heterocycles. The Labute approximate surface area is 191 Å². The van der Waals surface area contributed by atoms with Gasteiger partial charge in [-0.2, -0.15) is 0 Å². The van der Waals surface area contributed by atoms with E-state index in [0.29, 0.717) is 22.7 Å². The predicted molar refractivity (Wildman–Crippen MR) is 123 cm³/mol. The highest BCUT2D eigenvalue weighted by atomic mass is 32.2. The maximum atomic E-state index is 13.0. The molecule has 0 heterocycles. The van der Waals surface area contributed by atoms with Crippen LogP contribution in [0.3, 0.4) is 0 Å². The molecule has 0 aliphatic rings. The van der Waals surface area contributed by atoms with Gasteiger partial charge in [0.2, 0.25) is 0 Å². The molecule has 9 nitrogen and oxygen atoms in total. The largest absolute Gasteiger partial charge is 0.497 e. The smallest absolute Gasteiger partial charge is 0.335 e. The number of rotatable bonds is 8. The molecule has 0 bridgehead atoms. The van der Waals surface area contributed by atoms with Crippen LogP contribution in [0.25, 0.3) is 0 Å². The van der Waals surface area contributed by atoms with E-state index in [2.05, 4.69) is 10.0 Å². The van der Waals surface area contributed by atoms with Crippen molar-refractivity contribution in [2.75, 3.05) is 24.3 Å². The molecule has 0 atom stereocenters. The SMILES string of the molecule is COc1ccc(NC(=O)c2ccccc2NS(=O)(=O)c2cc(C(=O)O)ccc2C)c(OC)c1. The number of carboxylic acid groups (broad SMARTS) is 1. The van der Waals surface area contributed by atoms with Crippen molar-refractivity contribution in [1.82, 2.24) is 0 Å². The third-order valence-corrected chi connectivity index (χ3v) is 6.31. The number of amides is 1. The van der Waals surface area contributed by atoms with Crippen LogP contribution in [-0.2, 0) is 10.0 Å². The fourth-order valence-corrected chi connectivity index (χ4v) is 4.44. The number of carbonyl (C=O) groups excluding carboxylic acids is 1. The molecule has 3 N–H and O–H groups in total. The Hall–Kier alpha value is -4.05. The lowest BCUT2D eigenvalue weighted by Crippen LogP contribution is -2.19. The molecule has 3 aromatic carbocycles. The van der Waals surface area contributed by atoms with E-state index in [0.717, 1.165) is 6.07 Å². The molecule has 0 saturated carbocycles. The number of sulfonamides is 1. The second-order valence-electron chi connectivity index (χ2n) is 6.96. The van der Waals surface area contributed by atoms with E-state index >= 15 is 0 Å². The van der Waals surface area contributed by atoms with E-state index < -0.39 is 21.9 Å². The van der Waals surface area contributed by atoms with Gasteiger partial charge in [-0.05, 0) is 48.9 Å². The highest BCUT2D eigenvalue weighted by molar-refractivity contribution is 7.92. The molecule has 0 aliphatic carbocycles. The topological polar surface area (TPSA) is 131 Å². The number of benzene rings is 3. The standard InChI is InChI=1S/C23H22N2O7S/c1-14-8-9-15(23(27)28)12-21(14)33(29,30)25-18-7-5-4-6-17(18)22(26)24-19-11-10-16(31-2)13-20(19)32-3/h4-13,25H,1-3H3,(H,24,26)(H,27,28). The molecule has 0 radical (unpaired) electrons. The Morgan fingerprint density at radius 3 is 2.30 bits per heavy atom. The number of anilines is 2. The van der Waals surface area contributed by atoms with Gasteiger partial charge in [-0.1, -0.05) is 18.2 Å². The van der Waals surface area contributed by atoms with Crippen molar-refractivity contribution in [2.45, 2.75) is 11.8 Å². The molecule has 3 aromatic rings. The summed E-state index contributed by atoms with van der Waals surface area (Å²) in [6, 6.07) is 14.7. The summed E-state index contributed by atoms with van der Waals surface area (Å²) in [7, 11) is -1.24. The fraction of sp³-hybridized carbons (Fsp3) is 0.130. The summed E-state index contributed by atoms with van der Waals surface area (Å²) in [5.41, 5.74) is 0.649. The van der Waals surface area contributed by atoms with Crippen LogP contribution < -0.4 is 19.5 Å². The summed E-state index contributed by atoms with van der Waals surface area (Å²) in [4.78, 5) is 24.1. The maximum Gasteiger partial charge on any atom is 0.335 e. The van der Waals surface area contributed by atoms with Crippen molar-refractivity contribution in [1.29, 1.82) is 0 Å². The van der Waals surface area contributed by atoms with Crippen LogP contribution in [0.5, 0.6) is 11.5 Å². The zero-order valence-corrected chi connectivity index (χ0v) is 18.9. The molecule has 3 rings (SSSR count). The van der Waals surface area contributed by atoms with Crippen LogP contribution in [0.4, 0.5) is 11.4 Å². The monoisotopic (exact) mass is 470 g/mol. The predicted octanol–water partition coefficient (Wildman–Crippen LogP) is 3.76. The van der Waals surface area contributed by atoms with Crippen LogP contribution in [0.15, 0.2) is 65.6 Å². The minimum Gasteiger partial charge on any atom is -0.497 e. The summed E-state index contributed by atoms with van der Waals surface area (Å²) in [5.74, 6) is -0.925. The zero-order valence-electron chi connectivity index (χ0n) is 18.1. The third-order valence-electron chi connectivity index (χ3n) is 4.80. The summed E-state index contributed by atoms with van der Waals surface area (Å²) < 4.78 is 38.9. The van der Waals surface area contributed by atoms with Gasteiger partial charge in [-0.15, -0.1) is 0 Å². The molecule has 33 heavy (non-hydrogen) atoms. The van der Waals surface area contributed by atoms with Crippen molar-refractivity contribution >= 4 is 33.3 Å². The van der Waals surface area contributed by atoms with Gasteiger partial charge in [-0.3, -0.25) is 9.52 Å². The molecular weight excluding hydrogens is 448 g/mol.